The molecule has 0 fully saturated rings. The fourth-order valence-corrected chi connectivity index (χ4v) is 1.58. The van der Waals surface area contributed by atoms with E-state index in [2.05, 4.69) is 25.4 Å². The largest absolute Gasteiger partial charge is 0.391 e. The lowest BCUT2D eigenvalue weighted by Crippen LogP contribution is -2.19. The highest BCUT2D eigenvalue weighted by Crippen LogP contribution is 2.06. The fraction of sp³-hybridized carbons (Fsp3) is 0.455. The minimum absolute atomic E-state index is 0.102. The number of nitrogen functional groups attached to an aromatic ring is 1. The second-order valence-corrected chi connectivity index (χ2v) is 4.09. The van der Waals surface area contributed by atoms with Crippen molar-refractivity contribution in [1.29, 1.82) is 0 Å². The standard InChI is InChI=1S/C11H17N7O2/c1-20-7-8(19)3-5-13-10-15-9(12)16-11(17-10)18-6-2-4-14-18/h2,4,6,8,19H,3,5,7H2,1H3,(H3,12,13,15,16,17). The van der Waals surface area contributed by atoms with Crippen LogP contribution in [0.1, 0.15) is 6.42 Å². The Morgan fingerprint density at radius 1 is 1.45 bits per heavy atom. The Labute approximate surface area is 115 Å². The molecule has 1 unspecified atom stereocenters. The summed E-state index contributed by atoms with van der Waals surface area (Å²) in [4.78, 5) is 12.2. The van der Waals surface area contributed by atoms with Gasteiger partial charge in [-0.3, -0.25) is 0 Å². The SMILES string of the molecule is COCC(O)CCNc1nc(N)nc(-n2cccn2)n1. The zero-order valence-corrected chi connectivity index (χ0v) is 11.1. The van der Waals surface area contributed by atoms with Gasteiger partial charge in [-0.2, -0.15) is 20.1 Å². The van der Waals surface area contributed by atoms with E-state index >= 15 is 0 Å². The van der Waals surface area contributed by atoms with Crippen LogP contribution in [0.2, 0.25) is 0 Å². The minimum Gasteiger partial charge on any atom is -0.391 e. The Morgan fingerprint density at radius 2 is 2.30 bits per heavy atom. The van der Waals surface area contributed by atoms with Gasteiger partial charge >= 0.3 is 0 Å². The third-order valence-electron chi connectivity index (χ3n) is 2.47. The van der Waals surface area contributed by atoms with Crippen molar-refractivity contribution in [2.45, 2.75) is 12.5 Å². The maximum Gasteiger partial charge on any atom is 0.257 e. The van der Waals surface area contributed by atoms with Crippen LogP contribution in [0, 0.1) is 0 Å². The van der Waals surface area contributed by atoms with Crippen LogP contribution in [-0.2, 0) is 4.74 Å². The summed E-state index contributed by atoms with van der Waals surface area (Å²) in [6.07, 6.45) is 3.31. The van der Waals surface area contributed by atoms with Gasteiger partial charge < -0.3 is 20.9 Å². The maximum atomic E-state index is 9.53. The second-order valence-electron chi connectivity index (χ2n) is 4.09. The van der Waals surface area contributed by atoms with Crippen LogP contribution in [0.15, 0.2) is 18.5 Å². The summed E-state index contributed by atoms with van der Waals surface area (Å²) >= 11 is 0. The van der Waals surface area contributed by atoms with E-state index < -0.39 is 6.10 Å². The molecule has 0 radical (unpaired) electrons. The zero-order valence-electron chi connectivity index (χ0n) is 11.1. The van der Waals surface area contributed by atoms with Gasteiger partial charge in [0.05, 0.1) is 12.7 Å². The summed E-state index contributed by atoms with van der Waals surface area (Å²) in [7, 11) is 1.54. The van der Waals surface area contributed by atoms with Gasteiger partial charge in [-0.05, 0) is 12.5 Å². The van der Waals surface area contributed by atoms with Crippen molar-refractivity contribution in [2.24, 2.45) is 0 Å². The summed E-state index contributed by atoms with van der Waals surface area (Å²) in [5.74, 6) is 0.778. The topological polar surface area (TPSA) is 124 Å². The predicted octanol–water partition coefficient (Wildman–Crippen LogP) is -0.551. The molecule has 0 saturated heterocycles. The van der Waals surface area contributed by atoms with E-state index in [1.54, 1.807) is 25.6 Å². The summed E-state index contributed by atoms with van der Waals surface area (Å²) in [5.41, 5.74) is 5.63. The van der Waals surface area contributed by atoms with Crippen LogP contribution in [0.5, 0.6) is 0 Å². The van der Waals surface area contributed by atoms with Gasteiger partial charge in [0, 0.05) is 26.0 Å². The number of hydrogen-bond donors (Lipinski definition) is 3. The molecular formula is C11H17N7O2. The molecule has 0 aromatic carbocycles. The summed E-state index contributed by atoms with van der Waals surface area (Å²) in [6, 6.07) is 1.76. The summed E-state index contributed by atoms with van der Waals surface area (Å²) < 4.78 is 6.33. The number of hydrogen-bond acceptors (Lipinski definition) is 8. The molecule has 0 bridgehead atoms. The molecule has 2 aromatic rings. The van der Waals surface area contributed by atoms with E-state index in [-0.39, 0.29) is 5.95 Å². The lowest BCUT2D eigenvalue weighted by Gasteiger charge is -2.10. The molecule has 9 heteroatoms. The van der Waals surface area contributed by atoms with E-state index in [9.17, 15) is 5.11 Å². The number of rotatable bonds is 7. The van der Waals surface area contributed by atoms with Gasteiger partial charge in [-0.25, -0.2) is 4.68 Å². The van der Waals surface area contributed by atoms with Crippen molar-refractivity contribution >= 4 is 11.9 Å². The molecule has 20 heavy (non-hydrogen) atoms. The zero-order chi connectivity index (χ0) is 14.4. The first-order valence-electron chi connectivity index (χ1n) is 6.11. The van der Waals surface area contributed by atoms with Crippen LogP contribution in [0.25, 0.3) is 5.95 Å². The lowest BCUT2D eigenvalue weighted by atomic mass is 10.3. The maximum absolute atomic E-state index is 9.53. The Morgan fingerprint density at radius 3 is 3.00 bits per heavy atom. The number of anilines is 2. The average Bonchev–Trinajstić information content (AvgIpc) is 2.92. The summed E-state index contributed by atoms with van der Waals surface area (Å²) in [5, 5.41) is 16.5. The highest BCUT2D eigenvalue weighted by Gasteiger charge is 2.07. The van der Waals surface area contributed by atoms with E-state index in [1.807, 2.05) is 0 Å². The van der Waals surface area contributed by atoms with Gasteiger partial charge in [0.15, 0.2) is 0 Å². The van der Waals surface area contributed by atoms with Crippen molar-refractivity contribution in [1.82, 2.24) is 24.7 Å². The van der Waals surface area contributed by atoms with Gasteiger partial charge in [0.25, 0.3) is 5.95 Å². The highest BCUT2D eigenvalue weighted by atomic mass is 16.5. The molecule has 0 amide bonds. The number of nitrogens with zero attached hydrogens (tertiary/aromatic N) is 5. The van der Waals surface area contributed by atoms with E-state index in [1.165, 1.54) is 4.68 Å². The number of nitrogens with two attached hydrogens (primary N) is 1. The van der Waals surface area contributed by atoms with Crippen LogP contribution in [-0.4, -0.2) is 56.2 Å². The van der Waals surface area contributed by atoms with E-state index in [0.717, 1.165) is 0 Å². The van der Waals surface area contributed by atoms with E-state index in [0.29, 0.717) is 31.5 Å². The van der Waals surface area contributed by atoms with Gasteiger partial charge in [-0.1, -0.05) is 0 Å². The monoisotopic (exact) mass is 279 g/mol. The smallest absolute Gasteiger partial charge is 0.257 e. The third-order valence-corrected chi connectivity index (χ3v) is 2.47. The van der Waals surface area contributed by atoms with Crippen LogP contribution < -0.4 is 11.1 Å². The number of nitrogens with one attached hydrogen (secondary N) is 1. The molecule has 0 aliphatic rings. The average molecular weight is 279 g/mol. The number of aromatic nitrogens is 5. The summed E-state index contributed by atoms with van der Waals surface area (Å²) in [6.45, 7) is 0.784. The van der Waals surface area contributed by atoms with Gasteiger partial charge in [-0.15, -0.1) is 0 Å². The van der Waals surface area contributed by atoms with Crippen molar-refractivity contribution in [3.05, 3.63) is 18.5 Å². The van der Waals surface area contributed by atoms with Crippen LogP contribution >= 0.6 is 0 Å². The first-order chi connectivity index (χ1) is 9.69. The number of methoxy groups -OCH3 is 1. The van der Waals surface area contributed by atoms with Crippen molar-refractivity contribution in [2.75, 3.05) is 31.3 Å². The Bertz CT molecular complexity index is 532. The Hall–Kier alpha value is -2.26. The molecule has 0 spiro atoms. The molecule has 0 aliphatic heterocycles. The number of ether oxygens (including phenoxy) is 1. The van der Waals surface area contributed by atoms with Gasteiger partial charge in [0.1, 0.15) is 0 Å². The molecule has 2 rings (SSSR count). The Balaban J connectivity index is 1.98. The molecule has 1 atom stereocenters. The lowest BCUT2D eigenvalue weighted by molar-refractivity contribution is 0.0615. The van der Waals surface area contributed by atoms with Crippen LogP contribution in [0.3, 0.4) is 0 Å². The first kappa shape index (κ1) is 14.2. The molecule has 108 valence electrons. The third kappa shape index (κ3) is 3.87. The molecular weight excluding hydrogens is 262 g/mol. The first-order valence-corrected chi connectivity index (χ1v) is 6.11. The van der Waals surface area contributed by atoms with Crippen LogP contribution in [0.4, 0.5) is 11.9 Å². The molecule has 2 aromatic heterocycles. The number of aliphatic hydroxyl groups excluding tert-OH is 1. The number of aliphatic hydroxyl groups is 1. The van der Waals surface area contributed by atoms with Crippen molar-refractivity contribution in [3.8, 4) is 5.95 Å². The van der Waals surface area contributed by atoms with Crippen molar-refractivity contribution < 1.29 is 9.84 Å². The molecule has 9 nitrogen and oxygen atoms in total. The quantitative estimate of drug-likeness (QED) is 0.616. The van der Waals surface area contributed by atoms with E-state index in [4.69, 9.17) is 10.5 Å². The minimum atomic E-state index is -0.530. The van der Waals surface area contributed by atoms with Crippen molar-refractivity contribution in [3.63, 3.8) is 0 Å². The molecule has 4 N–H and O–H groups in total. The molecule has 0 saturated carbocycles. The highest BCUT2D eigenvalue weighted by molar-refractivity contribution is 5.34. The molecule has 2 heterocycles. The fourth-order valence-electron chi connectivity index (χ4n) is 1.58. The Kier molecular flexibility index (Phi) is 4.80. The molecule has 0 aliphatic carbocycles. The normalized spacial score (nSPS) is 12.3. The second kappa shape index (κ2) is 6.78. The predicted molar refractivity (Wildman–Crippen MR) is 72.4 cm³/mol. The van der Waals surface area contributed by atoms with Gasteiger partial charge in [0.2, 0.25) is 11.9 Å².